The molecule has 4 aromatic rings. The van der Waals surface area contributed by atoms with Gasteiger partial charge in [0.05, 0.1) is 16.4 Å². The summed E-state index contributed by atoms with van der Waals surface area (Å²) in [5, 5.41) is 4.64. The number of nitrogens with one attached hydrogen (secondary N) is 1. The van der Waals surface area contributed by atoms with E-state index in [2.05, 4.69) is 45.3 Å². The highest BCUT2D eigenvalue weighted by molar-refractivity contribution is 7.22. The number of hydrogen-bond acceptors (Lipinski definition) is 8. The van der Waals surface area contributed by atoms with Crippen molar-refractivity contribution in [3.05, 3.63) is 55.0 Å². The van der Waals surface area contributed by atoms with Crippen molar-refractivity contribution in [2.45, 2.75) is 38.1 Å². The Labute approximate surface area is 216 Å². The van der Waals surface area contributed by atoms with Gasteiger partial charge in [-0.15, -0.1) is 0 Å². The zero-order chi connectivity index (χ0) is 24.3. The van der Waals surface area contributed by atoms with Crippen LogP contribution in [-0.4, -0.2) is 59.1 Å². The molecule has 7 nitrogen and oxygen atoms in total. The first kappa shape index (κ1) is 23.2. The standard InChI is InChI=1S/C28H32N6OS/c1-33-11-13-34(14-12-33)27-10-7-20(18-30-27)21-15-24(19-29-17-21)35-23-8-9-25-26(16-23)36-28(32-25)31-22-5-3-2-4-6-22/h7-10,15-19,22H,2-6,11-14H2,1H3,(H,31,32). The van der Waals surface area contributed by atoms with Crippen LogP contribution < -0.4 is 15.0 Å². The van der Waals surface area contributed by atoms with Crippen molar-refractivity contribution < 1.29 is 4.74 Å². The quantitative estimate of drug-likeness (QED) is 0.346. The summed E-state index contributed by atoms with van der Waals surface area (Å²) in [6.45, 7) is 4.16. The van der Waals surface area contributed by atoms with Crippen LogP contribution in [0.5, 0.6) is 11.5 Å². The van der Waals surface area contributed by atoms with Gasteiger partial charge in [0, 0.05) is 61.8 Å². The Balaban J connectivity index is 1.14. The fourth-order valence-corrected chi connectivity index (χ4v) is 5.97. The number of piperazine rings is 1. The van der Waals surface area contributed by atoms with Crippen molar-refractivity contribution in [3.63, 3.8) is 0 Å². The lowest BCUT2D eigenvalue weighted by molar-refractivity contribution is 0.312. The van der Waals surface area contributed by atoms with E-state index in [9.17, 15) is 0 Å². The molecule has 1 saturated heterocycles. The first-order valence-electron chi connectivity index (χ1n) is 12.9. The summed E-state index contributed by atoms with van der Waals surface area (Å²) in [5.41, 5.74) is 3.02. The van der Waals surface area contributed by atoms with Crippen LogP contribution in [0, 0.1) is 0 Å². The maximum Gasteiger partial charge on any atom is 0.184 e. The minimum Gasteiger partial charge on any atom is -0.456 e. The van der Waals surface area contributed by atoms with E-state index in [1.165, 1.54) is 32.1 Å². The van der Waals surface area contributed by atoms with Gasteiger partial charge in [-0.05, 0) is 50.2 Å². The fraction of sp³-hybridized carbons (Fsp3) is 0.393. The molecule has 2 fully saturated rings. The van der Waals surface area contributed by atoms with Crippen molar-refractivity contribution >= 4 is 32.5 Å². The Morgan fingerprint density at radius 2 is 1.75 bits per heavy atom. The van der Waals surface area contributed by atoms with E-state index in [1.807, 2.05) is 30.6 Å². The number of pyridine rings is 2. The van der Waals surface area contributed by atoms with Crippen molar-refractivity contribution in [2.75, 3.05) is 43.4 Å². The van der Waals surface area contributed by atoms with Crippen molar-refractivity contribution in [1.82, 2.24) is 19.9 Å². The number of hydrogen-bond donors (Lipinski definition) is 1. The van der Waals surface area contributed by atoms with E-state index in [-0.39, 0.29) is 0 Å². The summed E-state index contributed by atoms with van der Waals surface area (Å²) < 4.78 is 7.32. The molecule has 6 rings (SSSR count). The van der Waals surface area contributed by atoms with Crippen LogP contribution in [0.15, 0.2) is 55.0 Å². The predicted molar refractivity (Wildman–Crippen MR) is 147 cm³/mol. The number of fused-ring (bicyclic) bond motifs is 1. The minimum atomic E-state index is 0.550. The van der Waals surface area contributed by atoms with Crippen LogP contribution in [0.1, 0.15) is 32.1 Å². The molecule has 0 spiro atoms. The highest BCUT2D eigenvalue weighted by Gasteiger charge is 2.16. The number of likely N-dealkylation sites (N-methyl/N-ethyl adjacent to an activating group) is 1. The molecule has 0 unspecified atom stereocenters. The number of thiazole rings is 1. The molecular weight excluding hydrogens is 468 g/mol. The molecule has 2 aliphatic rings. The second kappa shape index (κ2) is 10.4. The van der Waals surface area contributed by atoms with Crippen LogP contribution >= 0.6 is 11.3 Å². The van der Waals surface area contributed by atoms with Crippen LogP contribution in [-0.2, 0) is 0 Å². The maximum absolute atomic E-state index is 6.20. The van der Waals surface area contributed by atoms with Crippen LogP contribution in [0.3, 0.4) is 0 Å². The predicted octanol–water partition coefficient (Wildman–Crippen LogP) is 6.04. The summed E-state index contributed by atoms with van der Waals surface area (Å²) in [4.78, 5) is 18.6. The van der Waals surface area contributed by atoms with E-state index >= 15 is 0 Å². The topological polar surface area (TPSA) is 66.4 Å². The number of ether oxygens (including phenoxy) is 1. The third-order valence-corrected chi connectivity index (χ3v) is 8.10. The van der Waals surface area contributed by atoms with E-state index in [1.54, 1.807) is 17.5 Å². The molecule has 1 aromatic carbocycles. The third-order valence-electron chi connectivity index (χ3n) is 7.15. The Hall–Kier alpha value is -3.23. The molecule has 4 heterocycles. The lowest BCUT2D eigenvalue weighted by atomic mass is 9.96. The first-order chi connectivity index (χ1) is 17.7. The Kier molecular flexibility index (Phi) is 6.70. The van der Waals surface area contributed by atoms with Gasteiger partial charge < -0.3 is 19.9 Å². The van der Waals surface area contributed by atoms with Crippen molar-refractivity contribution in [2.24, 2.45) is 0 Å². The lowest BCUT2D eigenvalue weighted by Crippen LogP contribution is -2.44. The fourth-order valence-electron chi connectivity index (χ4n) is 5.00. The van der Waals surface area contributed by atoms with Crippen LogP contribution in [0.4, 0.5) is 10.9 Å². The van der Waals surface area contributed by atoms with Gasteiger partial charge in [0.25, 0.3) is 0 Å². The second-order valence-electron chi connectivity index (χ2n) is 9.83. The molecule has 0 amide bonds. The van der Waals surface area contributed by atoms with E-state index in [0.29, 0.717) is 11.8 Å². The molecule has 8 heteroatoms. The summed E-state index contributed by atoms with van der Waals surface area (Å²) in [5.74, 6) is 2.53. The Morgan fingerprint density at radius 1 is 0.889 bits per heavy atom. The molecule has 36 heavy (non-hydrogen) atoms. The highest BCUT2D eigenvalue weighted by Crippen LogP contribution is 2.33. The first-order valence-corrected chi connectivity index (χ1v) is 13.7. The molecule has 3 aromatic heterocycles. The summed E-state index contributed by atoms with van der Waals surface area (Å²) in [7, 11) is 2.16. The largest absolute Gasteiger partial charge is 0.456 e. The average molecular weight is 501 g/mol. The molecule has 1 aliphatic carbocycles. The van der Waals surface area contributed by atoms with Gasteiger partial charge in [-0.3, -0.25) is 4.98 Å². The van der Waals surface area contributed by atoms with Gasteiger partial charge in [0.1, 0.15) is 17.3 Å². The zero-order valence-corrected chi connectivity index (χ0v) is 21.5. The van der Waals surface area contributed by atoms with Crippen LogP contribution in [0.2, 0.25) is 0 Å². The van der Waals surface area contributed by atoms with Gasteiger partial charge >= 0.3 is 0 Å². The normalized spacial score (nSPS) is 17.4. The average Bonchev–Trinajstić information content (AvgIpc) is 3.31. The molecular formula is C28H32N6OS. The number of anilines is 2. The molecule has 1 aliphatic heterocycles. The van der Waals surface area contributed by atoms with Crippen LogP contribution in [0.25, 0.3) is 21.3 Å². The number of nitrogens with zero attached hydrogens (tertiary/aromatic N) is 5. The molecule has 0 bridgehead atoms. The number of aromatic nitrogens is 3. The molecule has 1 saturated carbocycles. The van der Waals surface area contributed by atoms with Crippen molar-refractivity contribution in [1.29, 1.82) is 0 Å². The van der Waals surface area contributed by atoms with Crippen molar-refractivity contribution in [3.8, 4) is 22.6 Å². The van der Waals surface area contributed by atoms with Gasteiger partial charge in [-0.25, -0.2) is 9.97 Å². The smallest absolute Gasteiger partial charge is 0.184 e. The van der Waals surface area contributed by atoms with Gasteiger partial charge in [-0.1, -0.05) is 30.6 Å². The van der Waals surface area contributed by atoms with Gasteiger partial charge in [0.2, 0.25) is 0 Å². The number of rotatable bonds is 6. The van der Waals surface area contributed by atoms with Gasteiger partial charge in [0.15, 0.2) is 5.13 Å². The second-order valence-corrected chi connectivity index (χ2v) is 10.9. The molecule has 186 valence electrons. The Bertz CT molecular complexity index is 1310. The molecule has 0 atom stereocenters. The van der Waals surface area contributed by atoms with E-state index in [4.69, 9.17) is 14.7 Å². The number of benzene rings is 1. The molecule has 0 radical (unpaired) electrons. The third kappa shape index (κ3) is 5.29. The summed E-state index contributed by atoms with van der Waals surface area (Å²) in [6.07, 6.45) is 12.0. The molecule has 1 N–H and O–H groups in total. The lowest BCUT2D eigenvalue weighted by Gasteiger charge is -2.33. The zero-order valence-electron chi connectivity index (χ0n) is 20.7. The minimum absolute atomic E-state index is 0.550. The highest BCUT2D eigenvalue weighted by atomic mass is 32.1. The maximum atomic E-state index is 6.20. The SMILES string of the molecule is CN1CCN(c2ccc(-c3cncc(Oc4ccc5nc(NC6CCCCC6)sc5c4)c3)cn2)CC1. The Morgan fingerprint density at radius 3 is 2.56 bits per heavy atom. The van der Waals surface area contributed by atoms with E-state index < -0.39 is 0 Å². The monoisotopic (exact) mass is 500 g/mol. The van der Waals surface area contributed by atoms with E-state index in [0.717, 1.165) is 64.2 Å². The summed E-state index contributed by atoms with van der Waals surface area (Å²) >= 11 is 1.70. The summed E-state index contributed by atoms with van der Waals surface area (Å²) in [6, 6.07) is 12.9. The van der Waals surface area contributed by atoms with Gasteiger partial charge in [-0.2, -0.15) is 0 Å².